The number of likely N-dealkylation sites (tertiary alicyclic amines) is 1. The lowest BCUT2D eigenvalue weighted by Crippen LogP contribution is -2.47. The molecule has 1 heterocycles. The van der Waals surface area contributed by atoms with Crippen molar-refractivity contribution in [3.8, 4) is 23.0 Å². The van der Waals surface area contributed by atoms with Crippen molar-refractivity contribution >= 4 is 11.8 Å². The fourth-order valence-electron chi connectivity index (χ4n) is 3.60. The first-order valence-corrected chi connectivity index (χ1v) is 10.4. The van der Waals surface area contributed by atoms with Crippen molar-refractivity contribution in [1.82, 2.24) is 10.2 Å². The number of nitrogens with one attached hydrogen (secondary N) is 1. The van der Waals surface area contributed by atoms with Crippen LogP contribution in [0.2, 0.25) is 0 Å². The Morgan fingerprint density at radius 1 is 1.06 bits per heavy atom. The van der Waals surface area contributed by atoms with Crippen molar-refractivity contribution in [2.75, 3.05) is 19.7 Å². The molecule has 0 aromatic heterocycles. The van der Waals surface area contributed by atoms with Gasteiger partial charge in [-0.15, -0.1) is 0 Å². The minimum absolute atomic E-state index is 0.0614. The second-order valence-corrected chi connectivity index (χ2v) is 7.68. The highest BCUT2D eigenvalue weighted by Gasteiger charge is 2.26. The summed E-state index contributed by atoms with van der Waals surface area (Å²) in [4.78, 5) is 26.4. The molecule has 2 aromatic carbocycles. The molecule has 1 saturated heterocycles. The molecule has 1 aliphatic heterocycles. The van der Waals surface area contributed by atoms with E-state index in [9.17, 15) is 24.9 Å². The van der Waals surface area contributed by atoms with Crippen LogP contribution in [0.25, 0.3) is 0 Å². The second-order valence-electron chi connectivity index (χ2n) is 7.68. The third kappa shape index (κ3) is 5.81. The number of nitrogens with zero attached hydrogens (tertiary/aromatic N) is 1. The summed E-state index contributed by atoms with van der Waals surface area (Å²) in [7, 11) is 0. The Morgan fingerprint density at radius 2 is 1.68 bits per heavy atom. The zero-order valence-electron chi connectivity index (χ0n) is 17.5. The van der Waals surface area contributed by atoms with E-state index in [1.165, 1.54) is 5.56 Å². The molecule has 31 heavy (non-hydrogen) atoms. The topological polar surface area (TPSA) is 119 Å². The highest BCUT2D eigenvalue weighted by Crippen LogP contribution is 2.35. The van der Waals surface area contributed by atoms with Crippen molar-refractivity contribution in [2.24, 2.45) is 0 Å². The first-order chi connectivity index (χ1) is 14.9. The number of hydrogen-bond donors (Lipinski definition) is 4. The summed E-state index contributed by atoms with van der Waals surface area (Å²) in [6, 6.07) is 9.90. The van der Waals surface area contributed by atoms with Gasteiger partial charge >= 0.3 is 0 Å². The highest BCUT2D eigenvalue weighted by atomic mass is 16.5. The van der Waals surface area contributed by atoms with Gasteiger partial charge in [0, 0.05) is 24.7 Å². The van der Waals surface area contributed by atoms with Crippen LogP contribution in [-0.2, 0) is 11.2 Å². The van der Waals surface area contributed by atoms with Crippen LogP contribution in [0.4, 0.5) is 0 Å². The molecule has 0 radical (unpaired) electrons. The minimum atomic E-state index is -0.655. The van der Waals surface area contributed by atoms with E-state index in [-0.39, 0.29) is 30.0 Å². The number of piperidine rings is 1. The highest BCUT2D eigenvalue weighted by molar-refractivity contribution is 5.95. The van der Waals surface area contributed by atoms with Gasteiger partial charge < -0.3 is 30.3 Å². The summed E-state index contributed by atoms with van der Waals surface area (Å²) < 4.78 is 5.55. The Bertz CT molecular complexity index is 897. The Hall–Kier alpha value is -3.42. The zero-order valence-corrected chi connectivity index (χ0v) is 17.5. The van der Waals surface area contributed by atoms with Gasteiger partial charge in [-0.05, 0) is 49.1 Å². The molecular weight excluding hydrogens is 400 g/mol. The lowest BCUT2D eigenvalue weighted by Gasteiger charge is -2.32. The van der Waals surface area contributed by atoms with Gasteiger partial charge in [0.2, 0.25) is 0 Å². The molecule has 1 fully saturated rings. The van der Waals surface area contributed by atoms with Gasteiger partial charge in [0.05, 0.1) is 0 Å². The number of aryl methyl sites for hydroxylation is 1. The van der Waals surface area contributed by atoms with Gasteiger partial charge in [-0.3, -0.25) is 9.59 Å². The minimum Gasteiger partial charge on any atom is -0.504 e. The van der Waals surface area contributed by atoms with E-state index in [2.05, 4.69) is 12.2 Å². The quantitative estimate of drug-likeness (QED) is 0.503. The van der Waals surface area contributed by atoms with Crippen LogP contribution in [-0.4, -0.2) is 57.8 Å². The van der Waals surface area contributed by atoms with Gasteiger partial charge in [0.1, 0.15) is 5.75 Å². The number of aromatic hydroxyl groups is 3. The molecule has 0 saturated carbocycles. The summed E-state index contributed by atoms with van der Waals surface area (Å²) in [5.74, 6) is -1.68. The Morgan fingerprint density at radius 3 is 2.26 bits per heavy atom. The fourth-order valence-corrected chi connectivity index (χ4v) is 3.60. The molecule has 1 aliphatic rings. The van der Waals surface area contributed by atoms with Crippen molar-refractivity contribution in [1.29, 1.82) is 0 Å². The average molecular weight is 428 g/mol. The number of phenolic OH excluding ortho intramolecular Hbond substituents is 3. The number of benzene rings is 2. The number of hydrogen-bond acceptors (Lipinski definition) is 6. The van der Waals surface area contributed by atoms with Crippen LogP contribution in [0.3, 0.4) is 0 Å². The molecule has 0 bridgehead atoms. The lowest BCUT2D eigenvalue weighted by atomic mass is 10.0. The average Bonchev–Trinajstić information content (AvgIpc) is 2.77. The predicted molar refractivity (Wildman–Crippen MR) is 114 cm³/mol. The lowest BCUT2D eigenvalue weighted by molar-refractivity contribution is -0.124. The SMILES string of the molecule is CCCc1ccc(OCC(=O)NC2CCN(C(=O)c3cc(O)c(O)c(O)c3)CC2)cc1. The smallest absolute Gasteiger partial charge is 0.258 e. The third-order valence-electron chi connectivity index (χ3n) is 5.30. The summed E-state index contributed by atoms with van der Waals surface area (Å²) in [6.45, 7) is 2.90. The van der Waals surface area contributed by atoms with Gasteiger partial charge in [-0.1, -0.05) is 25.5 Å². The number of rotatable bonds is 7. The van der Waals surface area contributed by atoms with Gasteiger partial charge in [0.15, 0.2) is 23.9 Å². The number of phenols is 3. The van der Waals surface area contributed by atoms with Crippen molar-refractivity contribution in [2.45, 2.75) is 38.6 Å². The molecule has 3 rings (SSSR count). The molecule has 166 valence electrons. The van der Waals surface area contributed by atoms with E-state index < -0.39 is 17.2 Å². The van der Waals surface area contributed by atoms with Crippen molar-refractivity contribution < 1.29 is 29.6 Å². The molecule has 0 spiro atoms. The van der Waals surface area contributed by atoms with Crippen LogP contribution in [0, 0.1) is 0 Å². The first-order valence-electron chi connectivity index (χ1n) is 10.4. The second kappa shape index (κ2) is 10.1. The first kappa shape index (κ1) is 22.3. The van der Waals surface area contributed by atoms with Crippen LogP contribution in [0.15, 0.2) is 36.4 Å². The maximum absolute atomic E-state index is 12.6. The number of ether oxygens (including phenoxy) is 1. The zero-order chi connectivity index (χ0) is 22.4. The van der Waals surface area contributed by atoms with Gasteiger partial charge in [0.25, 0.3) is 11.8 Å². The predicted octanol–water partition coefficient (Wildman–Crippen LogP) is 2.56. The van der Waals surface area contributed by atoms with Gasteiger partial charge in [-0.2, -0.15) is 0 Å². The van der Waals surface area contributed by atoms with Crippen LogP contribution in [0.5, 0.6) is 23.0 Å². The summed E-state index contributed by atoms with van der Waals surface area (Å²) >= 11 is 0. The molecule has 0 atom stereocenters. The monoisotopic (exact) mass is 428 g/mol. The Labute approximate surface area is 181 Å². The Kier molecular flexibility index (Phi) is 7.23. The number of amides is 2. The van der Waals surface area contributed by atoms with Crippen molar-refractivity contribution in [3.05, 3.63) is 47.5 Å². The summed E-state index contributed by atoms with van der Waals surface area (Å²) in [5, 5.41) is 31.5. The van der Waals surface area contributed by atoms with Crippen LogP contribution >= 0.6 is 0 Å². The van der Waals surface area contributed by atoms with E-state index in [1.807, 2.05) is 24.3 Å². The molecule has 2 aromatic rings. The standard InChI is InChI=1S/C23H28N2O6/c1-2-3-15-4-6-18(7-5-15)31-14-21(28)24-17-8-10-25(11-9-17)23(30)16-12-19(26)22(29)20(27)13-16/h4-7,12-13,17,26-27,29H,2-3,8-11,14H2,1H3,(H,24,28). The normalized spacial score (nSPS) is 14.3. The van der Waals surface area contributed by atoms with Crippen LogP contribution in [0.1, 0.15) is 42.1 Å². The van der Waals surface area contributed by atoms with Crippen LogP contribution < -0.4 is 10.1 Å². The van der Waals surface area contributed by atoms with E-state index in [0.717, 1.165) is 25.0 Å². The maximum atomic E-state index is 12.6. The van der Waals surface area contributed by atoms with E-state index >= 15 is 0 Å². The summed E-state index contributed by atoms with van der Waals surface area (Å²) in [5.41, 5.74) is 1.33. The number of carbonyl (C=O) groups excluding carboxylic acids is 2. The largest absolute Gasteiger partial charge is 0.504 e. The molecule has 8 nitrogen and oxygen atoms in total. The van der Waals surface area contributed by atoms with E-state index in [1.54, 1.807) is 4.90 Å². The molecule has 2 amide bonds. The third-order valence-corrected chi connectivity index (χ3v) is 5.30. The van der Waals surface area contributed by atoms with Crippen molar-refractivity contribution in [3.63, 3.8) is 0 Å². The van der Waals surface area contributed by atoms with Gasteiger partial charge in [-0.25, -0.2) is 0 Å². The maximum Gasteiger partial charge on any atom is 0.258 e. The Balaban J connectivity index is 1.44. The number of carbonyl (C=O) groups is 2. The molecule has 8 heteroatoms. The molecule has 4 N–H and O–H groups in total. The van der Waals surface area contributed by atoms with E-state index in [0.29, 0.717) is 31.7 Å². The van der Waals surface area contributed by atoms with E-state index in [4.69, 9.17) is 4.74 Å². The molecule has 0 unspecified atom stereocenters. The summed E-state index contributed by atoms with van der Waals surface area (Å²) in [6.07, 6.45) is 3.25. The molecular formula is C23H28N2O6. The fraction of sp³-hybridized carbons (Fsp3) is 0.391. The molecule has 0 aliphatic carbocycles.